The van der Waals surface area contributed by atoms with Crippen molar-refractivity contribution >= 4 is 5.69 Å². The van der Waals surface area contributed by atoms with Gasteiger partial charge in [0.2, 0.25) is 0 Å². The topological polar surface area (TPSA) is 38.9 Å². The van der Waals surface area contributed by atoms with Crippen LogP contribution in [0.5, 0.6) is 0 Å². The van der Waals surface area contributed by atoms with Crippen LogP contribution in [-0.2, 0) is 0 Å². The van der Waals surface area contributed by atoms with Crippen molar-refractivity contribution in [1.82, 2.24) is 4.98 Å². The van der Waals surface area contributed by atoms with Crippen molar-refractivity contribution in [2.45, 2.75) is 13.8 Å². The smallest absolute Gasteiger partial charge is 0.0453 e. The Bertz CT molecular complexity index is 469. The zero-order chi connectivity index (χ0) is 10.8. The number of aryl methyl sites for hydroxylation is 2. The van der Waals surface area contributed by atoms with Gasteiger partial charge in [-0.1, -0.05) is 12.1 Å². The van der Waals surface area contributed by atoms with Crippen LogP contribution in [-0.4, -0.2) is 4.98 Å². The van der Waals surface area contributed by atoms with Gasteiger partial charge in [0.15, 0.2) is 0 Å². The van der Waals surface area contributed by atoms with Crippen molar-refractivity contribution in [2.75, 3.05) is 5.73 Å². The lowest BCUT2D eigenvalue weighted by Gasteiger charge is -2.09. The third kappa shape index (κ3) is 1.84. The molecule has 0 fully saturated rings. The van der Waals surface area contributed by atoms with Gasteiger partial charge in [-0.05, 0) is 43.2 Å². The highest BCUT2D eigenvalue weighted by atomic mass is 14.7. The predicted octanol–water partition coefficient (Wildman–Crippen LogP) is 2.95. The molecule has 0 aliphatic carbocycles. The summed E-state index contributed by atoms with van der Waals surface area (Å²) in [6.45, 7) is 4.11. The maximum Gasteiger partial charge on any atom is 0.0453 e. The molecule has 2 aromatic rings. The molecule has 0 amide bonds. The van der Waals surface area contributed by atoms with Crippen molar-refractivity contribution in [1.29, 1.82) is 0 Å². The summed E-state index contributed by atoms with van der Waals surface area (Å²) in [4.78, 5) is 4.31. The fourth-order valence-electron chi connectivity index (χ4n) is 1.82. The Morgan fingerprint density at radius 1 is 1.13 bits per heavy atom. The second kappa shape index (κ2) is 3.73. The molecular formula is C13H14N2. The number of hydrogen-bond donors (Lipinski definition) is 1. The van der Waals surface area contributed by atoms with Gasteiger partial charge in [-0.2, -0.15) is 0 Å². The molecular weight excluding hydrogens is 184 g/mol. The molecule has 1 heterocycles. The lowest BCUT2D eigenvalue weighted by atomic mass is 9.99. The average molecular weight is 198 g/mol. The van der Waals surface area contributed by atoms with Gasteiger partial charge in [0.05, 0.1) is 0 Å². The Hall–Kier alpha value is -1.83. The maximum absolute atomic E-state index is 5.78. The minimum atomic E-state index is 0.787. The van der Waals surface area contributed by atoms with E-state index >= 15 is 0 Å². The van der Waals surface area contributed by atoms with Gasteiger partial charge in [0.25, 0.3) is 0 Å². The van der Waals surface area contributed by atoms with Crippen LogP contribution in [0, 0.1) is 13.8 Å². The van der Waals surface area contributed by atoms with Crippen LogP contribution in [0.4, 0.5) is 5.69 Å². The molecule has 0 unspecified atom stereocenters. The molecule has 0 bridgehead atoms. The Labute approximate surface area is 89.8 Å². The second-order valence-electron chi connectivity index (χ2n) is 3.71. The first-order valence-corrected chi connectivity index (χ1v) is 4.96. The molecule has 0 saturated heterocycles. The monoisotopic (exact) mass is 198 g/mol. The van der Waals surface area contributed by atoms with Crippen LogP contribution in [0.1, 0.15) is 11.3 Å². The van der Waals surface area contributed by atoms with E-state index in [0.29, 0.717) is 0 Å². The van der Waals surface area contributed by atoms with Crippen LogP contribution >= 0.6 is 0 Å². The first-order valence-electron chi connectivity index (χ1n) is 4.96. The first kappa shape index (κ1) is 9.71. The summed E-state index contributed by atoms with van der Waals surface area (Å²) >= 11 is 0. The molecule has 1 aromatic heterocycles. The van der Waals surface area contributed by atoms with Crippen molar-refractivity contribution in [3.63, 3.8) is 0 Å². The number of hydrogen-bond acceptors (Lipinski definition) is 2. The number of nitrogens with zero attached hydrogens (tertiary/aromatic N) is 1. The highest BCUT2D eigenvalue weighted by Gasteiger charge is 2.05. The van der Waals surface area contributed by atoms with Crippen molar-refractivity contribution in [3.05, 3.63) is 47.8 Å². The van der Waals surface area contributed by atoms with Gasteiger partial charge < -0.3 is 5.73 Å². The summed E-state index contributed by atoms with van der Waals surface area (Å²) in [7, 11) is 0. The van der Waals surface area contributed by atoms with Crippen molar-refractivity contribution < 1.29 is 0 Å². The van der Waals surface area contributed by atoms with Gasteiger partial charge in [-0.3, -0.25) is 4.98 Å². The molecule has 2 nitrogen and oxygen atoms in total. The molecule has 0 spiro atoms. The summed E-state index contributed by atoms with van der Waals surface area (Å²) in [5.41, 5.74) is 11.2. The SMILES string of the molecule is Cc1ccnc(C)c1-c1cccc(N)c1. The molecule has 0 atom stereocenters. The lowest BCUT2D eigenvalue weighted by Crippen LogP contribution is -1.92. The van der Waals surface area contributed by atoms with E-state index < -0.39 is 0 Å². The third-order valence-electron chi connectivity index (χ3n) is 2.52. The molecule has 15 heavy (non-hydrogen) atoms. The molecule has 2 heteroatoms. The Balaban J connectivity index is 2.63. The number of anilines is 1. The molecule has 0 aliphatic heterocycles. The summed E-state index contributed by atoms with van der Waals surface area (Å²) in [5, 5.41) is 0. The van der Waals surface area contributed by atoms with Gasteiger partial charge >= 0.3 is 0 Å². The van der Waals surface area contributed by atoms with E-state index in [2.05, 4.69) is 18.0 Å². The quantitative estimate of drug-likeness (QED) is 0.715. The maximum atomic E-state index is 5.78. The van der Waals surface area contributed by atoms with E-state index in [1.165, 1.54) is 11.1 Å². The van der Waals surface area contributed by atoms with Gasteiger partial charge in [0.1, 0.15) is 0 Å². The molecule has 1 aromatic carbocycles. The highest BCUT2D eigenvalue weighted by Crippen LogP contribution is 2.26. The number of benzene rings is 1. The van der Waals surface area contributed by atoms with Crippen molar-refractivity contribution in [2.24, 2.45) is 0 Å². The van der Waals surface area contributed by atoms with Gasteiger partial charge in [0, 0.05) is 23.1 Å². The number of aromatic nitrogens is 1. The minimum Gasteiger partial charge on any atom is -0.399 e. The van der Waals surface area contributed by atoms with Crippen LogP contribution in [0.2, 0.25) is 0 Å². The standard InChI is InChI=1S/C13H14N2/c1-9-6-7-15-10(2)13(9)11-4-3-5-12(14)8-11/h3-8H,14H2,1-2H3. The average Bonchev–Trinajstić information content (AvgIpc) is 2.17. The normalized spacial score (nSPS) is 10.3. The number of rotatable bonds is 1. The van der Waals surface area contributed by atoms with E-state index in [1.807, 2.05) is 37.4 Å². The van der Waals surface area contributed by atoms with E-state index in [9.17, 15) is 0 Å². The predicted molar refractivity (Wildman–Crippen MR) is 63.6 cm³/mol. The number of nitrogen functional groups attached to an aromatic ring is 1. The zero-order valence-electron chi connectivity index (χ0n) is 8.99. The molecule has 76 valence electrons. The van der Waals surface area contributed by atoms with Crippen LogP contribution in [0.25, 0.3) is 11.1 Å². The van der Waals surface area contributed by atoms with E-state index in [-0.39, 0.29) is 0 Å². The first-order chi connectivity index (χ1) is 7.18. The summed E-state index contributed by atoms with van der Waals surface area (Å²) in [6.07, 6.45) is 1.83. The second-order valence-corrected chi connectivity index (χ2v) is 3.71. The van der Waals surface area contributed by atoms with E-state index in [0.717, 1.165) is 16.9 Å². The fourth-order valence-corrected chi connectivity index (χ4v) is 1.82. The molecule has 0 radical (unpaired) electrons. The number of nitrogens with two attached hydrogens (primary N) is 1. The lowest BCUT2D eigenvalue weighted by molar-refractivity contribution is 1.18. The number of pyridine rings is 1. The molecule has 2 rings (SSSR count). The minimum absolute atomic E-state index is 0.787. The summed E-state index contributed by atoms with van der Waals surface area (Å²) in [5.74, 6) is 0. The molecule has 0 saturated carbocycles. The van der Waals surface area contributed by atoms with Gasteiger partial charge in [-0.25, -0.2) is 0 Å². The summed E-state index contributed by atoms with van der Waals surface area (Å²) < 4.78 is 0. The Morgan fingerprint density at radius 3 is 2.60 bits per heavy atom. The third-order valence-corrected chi connectivity index (χ3v) is 2.52. The fraction of sp³-hybridized carbons (Fsp3) is 0.154. The summed E-state index contributed by atoms with van der Waals surface area (Å²) in [6, 6.07) is 9.93. The van der Waals surface area contributed by atoms with Crippen LogP contribution < -0.4 is 5.73 Å². The van der Waals surface area contributed by atoms with E-state index in [4.69, 9.17) is 5.73 Å². The Kier molecular flexibility index (Phi) is 2.42. The van der Waals surface area contributed by atoms with Crippen LogP contribution in [0.3, 0.4) is 0 Å². The molecule has 2 N–H and O–H groups in total. The largest absolute Gasteiger partial charge is 0.399 e. The molecule has 0 aliphatic rings. The van der Waals surface area contributed by atoms with Gasteiger partial charge in [-0.15, -0.1) is 0 Å². The van der Waals surface area contributed by atoms with E-state index in [1.54, 1.807) is 0 Å². The Morgan fingerprint density at radius 2 is 1.93 bits per heavy atom. The highest BCUT2D eigenvalue weighted by molar-refractivity contribution is 5.71. The zero-order valence-corrected chi connectivity index (χ0v) is 8.99. The van der Waals surface area contributed by atoms with Crippen molar-refractivity contribution in [3.8, 4) is 11.1 Å². The van der Waals surface area contributed by atoms with Crippen LogP contribution in [0.15, 0.2) is 36.5 Å².